The Morgan fingerprint density at radius 3 is 2.07 bits per heavy atom. The molecule has 0 N–H and O–H groups in total. The van der Waals surface area contributed by atoms with Gasteiger partial charge in [0.25, 0.3) is 0 Å². The average Bonchev–Trinajstić information content (AvgIpc) is 2.69. The first-order chi connectivity index (χ1) is 13.4. The number of halogens is 4. The van der Waals surface area contributed by atoms with E-state index in [1.54, 1.807) is 0 Å². The van der Waals surface area contributed by atoms with Crippen LogP contribution >= 0.6 is 0 Å². The van der Waals surface area contributed by atoms with Gasteiger partial charge in [-0.05, 0) is 48.8 Å². The maximum absolute atomic E-state index is 14.7. The number of rotatable bonds is 6. The van der Waals surface area contributed by atoms with Gasteiger partial charge < -0.3 is 4.74 Å². The van der Waals surface area contributed by atoms with Crippen molar-refractivity contribution in [2.24, 2.45) is 5.92 Å². The molecule has 0 atom stereocenters. The molecule has 2 aromatic rings. The molecule has 2 aromatic carbocycles. The predicted octanol–water partition coefficient (Wildman–Crippen LogP) is 7.38. The van der Waals surface area contributed by atoms with E-state index in [2.05, 4.69) is 6.92 Å². The second-order valence-electron chi connectivity index (χ2n) is 7.73. The van der Waals surface area contributed by atoms with E-state index in [4.69, 9.17) is 4.74 Å². The zero-order valence-electron chi connectivity index (χ0n) is 16.3. The van der Waals surface area contributed by atoms with Crippen molar-refractivity contribution in [1.29, 1.82) is 0 Å². The van der Waals surface area contributed by atoms with Crippen LogP contribution in [0.2, 0.25) is 0 Å². The Morgan fingerprint density at radius 2 is 1.43 bits per heavy atom. The molecule has 0 bridgehead atoms. The molecule has 1 nitrogen and oxygen atoms in total. The third-order valence-electron chi connectivity index (χ3n) is 5.66. The molecular formula is C23H26F4O. The van der Waals surface area contributed by atoms with E-state index in [-0.39, 0.29) is 29.4 Å². The summed E-state index contributed by atoms with van der Waals surface area (Å²) in [6.45, 7) is 4.38. The molecule has 1 fully saturated rings. The minimum absolute atomic E-state index is 0.0318. The van der Waals surface area contributed by atoms with Crippen LogP contribution in [-0.4, -0.2) is 6.61 Å². The first-order valence-electron chi connectivity index (χ1n) is 10.0. The summed E-state index contributed by atoms with van der Waals surface area (Å²) >= 11 is 0. The fourth-order valence-electron chi connectivity index (χ4n) is 3.84. The molecule has 0 spiro atoms. The molecule has 0 saturated heterocycles. The van der Waals surface area contributed by atoms with Crippen LogP contribution in [0.4, 0.5) is 17.6 Å². The van der Waals surface area contributed by atoms with Crippen LogP contribution in [0, 0.1) is 29.2 Å². The summed E-state index contributed by atoms with van der Waals surface area (Å²) in [5.41, 5.74) is -0.254. The van der Waals surface area contributed by atoms with Crippen molar-refractivity contribution in [1.82, 2.24) is 0 Å². The van der Waals surface area contributed by atoms with E-state index in [0.29, 0.717) is 17.9 Å². The molecule has 0 amide bonds. The first kappa shape index (κ1) is 20.7. The molecule has 1 saturated carbocycles. The van der Waals surface area contributed by atoms with Crippen molar-refractivity contribution < 1.29 is 22.3 Å². The van der Waals surface area contributed by atoms with Crippen molar-refractivity contribution in [3.05, 3.63) is 53.1 Å². The van der Waals surface area contributed by atoms with Crippen LogP contribution in [0.3, 0.4) is 0 Å². The molecule has 0 unspecified atom stereocenters. The molecule has 0 aromatic heterocycles. The summed E-state index contributed by atoms with van der Waals surface area (Å²) in [7, 11) is 0. The molecule has 3 rings (SSSR count). The molecule has 1 aliphatic carbocycles. The summed E-state index contributed by atoms with van der Waals surface area (Å²) in [5.74, 6) is -4.16. The van der Waals surface area contributed by atoms with Crippen LogP contribution < -0.4 is 4.74 Å². The van der Waals surface area contributed by atoms with Gasteiger partial charge in [0, 0.05) is 11.1 Å². The Labute approximate surface area is 163 Å². The van der Waals surface area contributed by atoms with Gasteiger partial charge in [-0.3, -0.25) is 0 Å². The number of unbranched alkanes of at least 4 members (excludes halogenated alkanes) is 1. The molecule has 0 radical (unpaired) electrons. The monoisotopic (exact) mass is 394 g/mol. The van der Waals surface area contributed by atoms with E-state index < -0.39 is 23.3 Å². The second-order valence-corrected chi connectivity index (χ2v) is 7.73. The molecule has 0 heterocycles. The average molecular weight is 394 g/mol. The number of hydrogen-bond acceptors (Lipinski definition) is 1. The van der Waals surface area contributed by atoms with Crippen molar-refractivity contribution in [2.45, 2.75) is 58.3 Å². The Bertz CT molecular complexity index is 826. The third-order valence-corrected chi connectivity index (χ3v) is 5.66. The Balaban J connectivity index is 1.89. The van der Waals surface area contributed by atoms with Gasteiger partial charge in [0.2, 0.25) is 5.82 Å². The lowest BCUT2D eigenvalue weighted by Crippen LogP contribution is -2.13. The standard InChI is InChI=1S/C23H26F4O/c1-3-4-13-28-19-12-11-18(22(26)23(19)27)17-10-9-16(20(24)21(17)25)15-7-5-14(2)6-8-15/h9-12,14-15H,3-8,13H2,1-2H3. The highest BCUT2D eigenvalue weighted by molar-refractivity contribution is 5.66. The van der Waals surface area contributed by atoms with Crippen LogP contribution in [0.1, 0.15) is 63.9 Å². The molecule has 152 valence electrons. The van der Waals surface area contributed by atoms with E-state index in [1.807, 2.05) is 6.92 Å². The SMILES string of the molecule is CCCCOc1ccc(-c2ccc(C3CCC(C)CC3)c(F)c2F)c(F)c1F. The minimum atomic E-state index is -1.23. The van der Waals surface area contributed by atoms with E-state index in [9.17, 15) is 17.6 Å². The smallest absolute Gasteiger partial charge is 0.201 e. The zero-order chi connectivity index (χ0) is 20.3. The van der Waals surface area contributed by atoms with Gasteiger partial charge in [-0.25, -0.2) is 13.2 Å². The molecule has 28 heavy (non-hydrogen) atoms. The zero-order valence-corrected chi connectivity index (χ0v) is 16.3. The summed E-state index contributed by atoms with van der Waals surface area (Å²) in [6.07, 6.45) is 5.15. The summed E-state index contributed by atoms with van der Waals surface area (Å²) < 4.78 is 63.5. The largest absolute Gasteiger partial charge is 0.490 e. The van der Waals surface area contributed by atoms with Gasteiger partial charge >= 0.3 is 0 Å². The molecular weight excluding hydrogens is 368 g/mol. The van der Waals surface area contributed by atoms with E-state index in [1.165, 1.54) is 24.3 Å². The van der Waals surface area contributed by atoms with Crippen molar-refractivity contribution >= 4 is 0 Å². The molecule has 0 aliphatic heterocycles. The minimum Gasteiger partial charge on any atom is -0.490 e. The fourth-order valence-corrected chi connectivity index (χ4v) is 3.84. The van der Waals surface area contributed by atoms with Gasteiger partial charge in [0.1, 0.15) is 0 Å². The Morgan fingerprint density at radius 1 is 0.821 bits per heavy atom. The summed E-state index contributed by atoms with van der Waals surface area (Å²) in [5, 5.41) is 0. The molecule has 5 heteroatoms. The van der Waals surface area contributed by atoms with Crippen LogP contribution in [-0.2, 0) is 0 Å². The van der Waals surface area contributed by atoms with Crippen molar-refractivity contribution in [3.63, 3.8) is 0 Å². The van der Waals surface area contributed by atoms with Crippen LogP contribution in [0.5, 0.6) is 5.75 Å². The topological polar surface area (TPSA) is 9.23 Å². The van der Waals surface area contributed by atoms with Gasteiger partial charge in [0.15, 0.2) is 23.2 Å². The number of benzene rings is 2. The predicted molar refractivity (Wildman–Crippen MR) is 102 cm³/mol. The van der Waals surface area contributed by atoms with Crippen LogP contribution in [0.25, 0.3) is 11.1 Å². The quantitative estimate of drug-likeness (QED) is 0.367. The van der Waals surface area contributed by atoms with Gasteiger partial charge in [-0.15, -0.1) is 0 Å². The number of hydrogen-bond donors (Lipinski definition) is 0. The Hall–Kier alpha value is -2.04. The van der Waals surface area contributed by atoms with Gasteiger partial charge in [0.05, 0.1) is 6.61 Å². The first-order valence-corrected chi connectivity index (χ1v) is 10.0. The lowest BCUT2D eigenvalue weighted by Gasteiger charge is -2.27. The highest BCUT2D eigenvalue weighted by Crippen LogP contribution is 2.39. The molecule has 1 aliphatic rings. The number of ether oxygens (including phenoxy) is 1. The van der Waals surface area contributed by atoms with E-state index in [0.717, 1.165) is 32.1 Å². The van der Waals surface area contributed by atoms with Crippen LogP contribution in [0.15, 0.2) is 24.3 Å². The lowest BCUT2D eigenvalue weighted by molar-refractivity contribution is 0.289. The lowest BCUT2D eigenvalue weighted by atomic mass is 9.79. The maximum Gasteiger partial charge on any atom is 0.201 e. The second kappa shape index (κ2) is 8.97. The normalized spacial score (nSPS) is 19.6. The highest BCUT2D eigenvalue weighted by atomic mass is 19.2. The van der Waals surface area contributed by atoms with E-state index >= 15 is 0 Å². The van der Waals surface area contributed by atoms with Crippen molar-refractivity contribution in [2.75, 3.05) is 6.61 Å². The summed E-state index contributed by atoms with van der Waals surface area (Å²) in [6, 6.07) is 5.36. The maximum atomic E-state index is 14.7. The highest BCUT2D eigenvalue weighted by Gasteiger charge is 2.26. The third kappa shape index (κ3) is 4.18. The van der Waals surface area contributed by atoms with Gasteiger partial charge in [-0.1, -0.05) is 45.2 Å². The fraction of sp³-hybridized carbons (Fsp3) is 0.478. The van der Waals surface area contributed by atoms with Crippen molar-refractivity contribution in [3.8, 4) is 16.9 Å². The Kier molecular flexibility index (Phi) is 6.63. The summed E-state index contributed by atoms with van der Waals surface area (Å²) in [4.78, 5) is 0. The van der Waals surface area contributed by atoms with Gasteiger partial charge in [-0.2, -0.15) is 4.39 Å².